The van der Waals surface area contributed by atoms with Gasteiger partial charge in [0.05, 0.1) is 17.2 Å². The maximum Gasteiger partial charge on any atom is 0.291 e. The Bertz CT molecular complexity index is 989. The zero-order valence-corrected chi connectivity index (χ0v) is 16.2. The zero-order chi connectivity index (χ0) is 20.5. The van der Waals surface area contributed by atoms with Gasteiger partial charge in [-0.1, -0.05) is 0 Å². The van der Waals surface area contributed by atoms with Crippen molar-refractivity contribution in [2.24, 2.45) is 0 Å². The molecule has 1 atom stereocenters. The summed E-state index contributed by atoms with van der Waals surface area (Å²) in [6, 6.07) is 4.71. The number of carbonyl (C=O) groups excluding carboxylic acids is 2. The van der Waals surface area contributed by atoms with Gasteiger partial charge in [0, 0.05) is 13.1 Å². The van der Waals surface area contributed by atoms with E-state index in [2.05, 4.69) is 15.4 Å². The molecule has 150 valence electrons. The van der Waals surface area contributed by atoms with Crippen molar-refractivity contribution in [2.75, 3.05) is 24.6 Å². The summed E-state index contributed by atoms with van der Waals surface area (Å²) in [4.78, 5) is 30.4. The molecule has 1 fully saturated rings. The summed E-state index contributed by atoms with van der Waals surface area (Å²) in [7, 11) is -3.10. The molecule has 0 aliphatic carbocycles. The number of amides is 2. The number of halogens is 1. The highest BCUT2D eigenvalue weighted by atomic mass is 32.2. The second kappa shape index (κ2) is 7.66. The number of aromatic nitrogens is 3. The lowest BCUT2D eigenvalue weighted by molar-refractivity contribution is -0.132. The predicted octanol–water partition coefficient (Wildman–Crippen LogP) is 0.0901. The van der Waals surface area contributed by atoms with E-state index in [1.54, 1.807) is 6.92 Å². The first-order chi connectivity index (χ1) is 13.2. The minimum Gasteiger partial charge on any atom is -0.339 e. The molecule has 28 heavy (non-hydrogen) atoms. The van der Waals surface area contributed by atoms with Crippen LogP contribution in [-0.4, -0.2) is 70.5 Å². The molecule has 1 N–H and O–H groups in total. The molecular formula is C17H20FN5O4S. The number of sulfone groups is 1. The SMILES string of the molecule is Cc1nc(C(=O)NC(C)C(=O)N2CCS(=O)(=O)CC2)nn1-c1ccc(F)cc1. The van der Waals surface area contributed by atoms with Crippen molar-refractivity contribution in [3.05, 3.63) is 41.7 Å². The van der Waals surface area contributed by atoms with Gasteiger partial charge in [0.15, 0.2) is 9.84 Å². The molecule has 2 heterocycles. The summed E-state index contributed by atoms with van der Waals surface area (Å²) in [5, 5.41) is 6.66. The number of aryl methyl sites for hydroxylation is 1. The van der Waals surface area contributed by atoms with E-state index in [9.17, 15) is 22.4 Å². The van der Waals surface area contributed by atoms with Crippen LogP contribution in [0, 0.1) is 12.7 Å². The average molecular weight is 409 g/mol. The molecule has 0 spiro atoms. The van der Waals surface area contributed by atoms with Gasteiger partial charge in [0.25, 0.3) is 5.91 Å². The third-order valence-electron chi connectivity index (χ3n) is 4.42. The summed E-state index contributed by atoms with van der Waals surface area (Å²) >= 11 is 0. The van der Waals surface area contributed by atoms with E-state index < -0.39 is 27.6 Å². The number of carbonyl (C=O) groups is 2. The minimum atomic E-state index is -3.10. The van der Waals surface area contributed by atoms with Gasteiger partial charge in [0.2, 0.25) is 11.7 Å². The molecule has 9 nitrogen and oxygen atoms in total. The zero-order valence-electron chi connectivity index (χ0n) is 15.4. The van der Waals surface area contributed by atoms with Crippen LogP contribution in [0.5, 0.6) is 0 Å². The lowest BCUT2D eigenvalue weighted by Crippen LogP contribution is -2.51. The number of nitrogens with zero attached hydrogens (tertiary/aromatic N) is 4. The minimum absolute atomic E-state index is 0.0811. The van der Waals surface area contributed by atoms with Gasteiger partial charge in [-0.05, 0) is 38.1 Å². The van der Waals surface area contributed by atoms with Crippen LogP contribution in [0.25, 0.3) is 5.69 Å². The number of nitrogens with one attached hydrogen (secondary N) is 1. The summed E-state index contributed by atoms with van der Waals surface area (Å²) in [6.45, 7) is 3.39. The van der Waals surface area contributed by atoms with Crippen LogP contribution in [-0.2, 0) is 14.6 Å². The Labute approximate surface area is 161 Å². The van der Waals surface area contributed by atoms with Crippen LogP contribution in [0.15, 0.2) is 24.3 Å². The lowest BCUT2D eigenvalue weighted by atomic mass is 10.2. The van der Waals surface area contributed by atoms with Crippen molar-refractivity contribution >= 4 is 21.7 Å². The molecule has 0 bridgehead atoms. The number of benzene rings is 1. The lowest BCUT2D eigenvalue weighted by Gasteiger charge is -2.29. The van der Waals surface area contributed by atoms with Crippen molar-refractivity contribution in [3.63, 3.8) is 0 Å². The van der Waals surface area contributed by atoms with Crippen LogP contribution in [0.4, 0.5) is 4.39 Å². The Morgan fingerprint density at radius 2 is 1.79 bits per heavy atom. The molecule has 0 saturated carbocycles. The maximum absolute atomic E-state index is 13.1. The van der Waals surface area contributed by atoms with E-state index in [0.29, 0.717) is 11.5 Å². The average Bonchev–Trinajstić information content (AvgIpc) is 3.03. The van der Waals surface area contributed by atoms with Crippen LogP contribution in [0.3, 0.4) is 0 Å². The second-order valence-corrected chi connectivity index (χ2v) is 8.85. The predicted molar refractivity (Wildman–Crippen MR) is 98.2 cm³/mol. The smallest absolute Gasteiger partial charge is 0.291 e. The largest absolute Gasteiger partial charge is 0.339 e. The van der Waals surface area contributed by atoms with Gasteiger partial charge in [-0.25, -0.2) is 22.5 Å². The van der Waals surface area contributed by atoms with Crippen molar-refractivity contribution < 1.29 is 22.4 Å². The molecule has 1 aliphatic rings. The first-order valence-electron chi connectivity index (χ1n) is 8.66. The molecule has 1 unspecified atom stereocenters. The van der Waals surface area contributed by atoms with Crippen molar-refractivity contribution in [1.82, 2.24) is 25.0 Å². The van der Waals surface area contributed by atoms with Gasteiger partial charge >= 0.3 is 0 Å². The topological polar surface area (TPSA) is 114 Å². The molecule has 1 aromatic heterocycles. The highest BCUT2D eigenvalue weighted by Crippen LogP contribution is 2.11. The molecule has 2 aromatic rings. The van der Waals surface area contributed by atoms with Gasteiger partial charge < -0.3 is 10.2 Å². The quantitative estimate of drug-likeness (QED) is 0.766. The molecule has 3 rings (SSSR count). The van der Waals surface area contributed by atoms with E-state index in [4.69, 9.17) is 0 Å². The molecule has 11 heteroatoms. The molecule has 2 amide bonds. The maximum atomic E-state index is 13.1. The van der Waals surface area contributed by atoms with Crippen LogP contribution >= 0.6 is 0 Å². The van der Waals surface area contributed by atoms with Gasteiger partial charge in [-0.3, -0.25) is 9.59 Å². The number of hydrogen-bond donors (Lipinski definition) is 1. The van der Waals surface area contributed by atoms with Crippen LogP contribution < -0.4 is 5.32 Å². The molecule has 1 aliphatic heterocycles. The fourth-order valence-electron chi connectivity index (χ4n) is 2.84. The molecule has 0 radical (unpaired) electrons. The Morgan fingerprint density at radius 3 is 2.39 bits per heavy atom. The van der Waals surface area contributed by atoms with Crippen molar-refractivity contribution in [1.29, 1.82) is 0 Å². The van der Waals surface area contributed by atoms with Crippen LogP contribution in [0.2, 0.25) is 0 Å². The van der Waals surface area contributed by atoms with E-state index in [0.717, 1.165) is 0 Å². The molecule has 1 aromatic carbocycles. The highest BCUT2D eigenvalue weighted by molar-refractivity contribution is 7.91. The fraction of sp³-hybridized carbons (Fsp3) is 0.412. The molecular weight excluding hydrogens is 389 g/mol. The van der Waals surface area contributed by atoms with Crippen LogP contribution in [0.1, 0.15) is 23.4 Å². The highest BCUT2D eigenvalue weighted by Gasteiger charge is 2.29. The molecule has 1 saturated heterocycles. The Kier molecular flexibility index (Phi) is 5.45. The fourth-order valence-corrected chi connectivity index (χ4v) is 4.04. The Balaban J connectivity index is 1.67. The van der Waals surface area contributed by atoms with Gasteiger partial charge in [-0.15, -0.1) is 5.10 Å². The van der Waals surface area contributed by atoms with Crippen molar-refractivity contribution in [3.8, 4) is 5.69 Å². The van der Waals surface area contributed by atoms with E-state index in [1.165, 1.54) is 40.8 Å². The van der Waals surface area contributed by atoms with Gasteiger partial charge in [0.1, 0.15) is 17.7 Å². The standard InChI is InChI=1S/C17H20FN5O4S/c1-11(17(25)22-7-9-28(26,27)10-8-22)19-16(24)15-20-12(2)23(21-15)14-5-3-13(18)4-6-14/h3-6,11H,7-10H2,1-2H3,(H,19,24). The first-order valence-corrected chi connectivity index (χ1v) is 10.5. The van der Waals surface area contributed by atoms with E-state index in [1.807, 2.05) is 0 Å². The first kappa shape index (κ1) is 19.9. The number of rotatable bonds is 4. The van der Waals surface area contributed by atoms with E-state index >= 15 is 0 Å². The second-order valence-electron chi connectivity index (χ2n) is 6.54. The Hall–Kier alpha value is -2.82. The third kappa shape index (κ3) is 4.35. The number of hydrogen-bond acceptors (Lipinski definition) is 6. The Morgan fingerprint density at radius 1 is 1.18 bits per heavy atom. The third-order valence-corrected chi connectivity index (χ3v) is 6.03. The summed E-state index contributed by atoms with van der Waals surface area (Å²) in [5.74, 6) is -1.24. The normalized spacial score (nSPS) is 17.2. The summed E-state index contributed by atoms with van der Waals surface area (Å²) in [5.41, 5.74) is 0.545. The van der Waals surface area contributed by atoms with E-state index in [-0.39, 0.29) is 36.3 Å². The summed E-state index contributed by atoms with van der Waals surface area (Å²) < 4.78 is 37.4. The monoisotopic (exact) mass is 409 g/mol. The summed E-state index contributed by atoms with van der Waals surface area (Å²) in [6.07, 6.45) is 0. The van der Waals surface area contributed by atoms with Gasteiger partial charge in [-0.2, -0.15) is 0 Å². The van der Waals surface area contributed by atoms with Crippen molar-refractivity contribution in [2.45, 2.75) is 19.9 Å².